The molecule has 256 valence electrons. The Kier molecular flexibility index (Phi) is 12.9. The van der Waals surface area contributed by atoms with Gasteiger partial charge in [-0.1, -0.05) is 31.9 Å². The molecule has 2 aromatic rings. The van der Waals surface area contributed by atoms with Crippen LogP contribution in [0.3, 0.4) is 0 Å². The van der Waals surface area contributed by atoms with E-state index in [0.29, 0.717) is 32.0 Å². The highest BCUT2D eigenvalue weighted by Crippen LogP contribution is 2.51. The Hall–Kier alpha value is -2.48. The van der Waals surface area contributed by atoms with Crippen molar-refractivity contribution in [3.8, 4) is 17.7 Å². The summed E-state index contributed by atoms with van der Waals surface area (Å²) in [5.41, 5.74) is 8.70. The molecule has 2 saturated heterocycles. The first-order valence-corrected chi connectivity index (χ1v) is 16.9. The number of aliphatic imine (C=N–C) groups is 2. The minimum absolute atomic E-state index is 0. The summed E-state index contributed by atoms with van der Waals surface area (Å²) in [5, 5.41) is 17.8. The lowest BCUT2D eigenvalue weighted by molar-refractivity contribution is -0.209. The average molecular weight is 801 g/mol. The van der Waals surface area contributed by atoms with Crippen molar-refractivity contribution in [3.05, 3.63) is 56.5 Å². The second kappa shape index (κ2) is 16.3. The van der Waals surface area contributed by atoms with Gasteiger partial charge in [0.15, 0.2) is 0 Å². The lowest BCUT2D eigenvalue weighted by Gasteiger charge is -2.44. The summed E-state index contributed by atoms with van der Waals surface area (Å²) in [7, 11) is 3.21. The van der Waals surface area contributed by atoms with Gasteiger partial charge in [0.25, 0.3) is 0 Å². The number of fused-ring (bicyclic) bond motifs is 3. The summed E-state index contributed by atoms with van der Waals surface area (Å²) < 4.78 is 26.0. The van der Waals surface area contributed by atoms with Gasteiger partial charge < -0.3 is 29.9 Å². The predicted molar refractivity (Wildman–Crippen MR) is 186 cm³/mol. The summed E-state index contributed by atoms with van der Waals surface area (Å²) in [6.45, 7) is 2.67. The number of guanidine groups is 1. The van der Waals surface area contributed by atoms with Crippen LogP contribution in [0.1, 0.15) is 62.5 Å². The number of halogens is 3. The zero-order valence-electron chi connectivity index (χ0n) is 26.5. The van der Waals surface area contributed by atoms with E-state index in [9.17, 15) is 0 Å². The molecule has 0 amide bonds. The predicted octanol–water partition coefficient (Wildman–Crippen LogP) is 5.97. The lowest BCUT2D eigenvalue weighted by Crippen LogP contribution is -2.50. The van der Waals surface area contributed by atoms with Crippen molar-refractivity contribution in [1.82, 2.24) is 10.5 Å². The molecule has 5 heterocycles. The summed E-state index contributed by atoms with van der Waals surface area (Å²) >= 11 is 6.97. The highest BCUT2D eigenvalue weighted by Gasteiger charge is 2.55. The molecule has 0 aromatic heterocycles. The van der Waals surface area contributed by atoms with Crippen molar-refractivity contribution in [2.45, 2.75) is 68.3 Å². The van der Waals surface area contributed by atoms with Crippen LogP contribution < -0.4 is 20.7 Å². The van der Waals surface area contributed by atoms with Crippen LogP contribution in [0.2, 0.25) is 0 Å². The molecule has 7 rings (SSSR count). The van der Waals surface area contributed by atoms with Crippen molar-refractivity contribution in [2.24, 2.45) is 15.7 Å². The standard InChI is InChI=1S/C16H20BrN3O3.C15H15BrN2O2.CH5NO.ClH/c1-20-14(18)19-16(23-20)9-15(6-2-3-7-21-10-15)22-13-5-4-11(17)8-12(13)16;16-11-3-4-14-12(7-11)13(18-10-17)8-15(20-14)5-1-2-6-19-9-15;1-2-3;/h4-5,8H,2-3,6-7,9-10H2,1H3,(H2,18,19);3-4,7H,1-2,5-6,8-9H2;2-3H,1H3;1H. The Balaban J connectivity index is 0.000000194. The Labute approximate surface area is 298 Å². The van der Waals surface area contributed by atoms with Gasteiger partial charge in [-0.05, 0) is 74.9 Å². The zero-order valence-corrected chi connectivity index (χ0v) is 30.5. The Bertz CT molecular complexity index is 1490. The molecule has 5 aliphatic rings. The molecule has 5 aliphatic heterocycles. The number of nitrogens with zero attached hydrogens (tertiary/aromatic N) is 4. The highest BCUT2D eigenvalue weighted by molar-refractivity contribution is 9.10. The summed E-state index contributed by atoms with van der Waals surface area (Å²) in [6, 6.07) is 11.7. The van der Waals surface area contributed by atoms with Crippen LogP contribution in [0.4, 0.5) is 0 Å². The molecule has 47 heavy (non-hydrogen) atoms. The quantitative estimate of drug-likeness (QED) is 0.214. The van der Waals surface area contributed by atoms with Gasteiger partial charge in [-0.2, -0.15) is 10.3 Å². The number of nitrogens with one attached hydrogen (secondary N) is 1. The fraction of sp³-hybridized carbons (Fsp3) is 0.531. The van der Waals surface area contributed by atoms with E-state index in [2.05, 4.69) is 41.8 Å². The Morgan fingerprint density at radius 2 is 1.57 bits per heavy atom. The maximum atomic E-state index is 8.93. The van der Waals surface area contributed by atoms with E-state index in [4.69, 9.17) is 40.0 Å². The number of hydrogen-bond acceptors (Lipinski definition) is 12. The third kappa shape index (κ3) is 8.58. The highest BCUT2D eigenvalue weighted by atomic mass is 79.9. The molecule has 2 fully saturated rings. The van der Waals surface area contributed by atoms with Crippen LogP contribution in [-0.4, -0.2) is 73.7 Å². The molecule has 15 heteroatoms. The average Bonchev–Trinajstić information content (AvgIpc) is 3.21. The Morgan fingerprint density at radius 1 is 0.979 bits per heavy atom. The molecule has 0 aliphatic carbocycles. The molecule has 0 saturated carbocycles. The first kappa shape index (κ1) is 37.3. The van der Waals surface area contributed by atoms with E-state index >= 15 is 0 Å². The minimum Gasteiger partial charge on any atom is -0.484 e. The van der Waals surface area contributed by atoms with Crippen molar-refractivity contribution in [3.63, 3.8) is 0 Å². The van der Waals surface area contributed by atoms with E-state index in [1.165, 1.54) is 12.1 Å². The SMILES string of the molecule is CN1OC2(CC3(CCCCOC3)Oc3ccc(Br)cc32)N=C1N.CNO.Cl.N#CN=C1CC2(CCCCOC2)Oc2ccc(Br)cc21. The monoisotopic (exact) mass is 798 g/mol. The van der Waals surface area contributed by atoms with Crippen molar-refractivity contribution >= 4 is 55.9 Å². The molecule has 3 spiro atoms. The number of ether oxygens (including phenoxy) is 4. The van der Waals surface area contributed by atoms with Gasteiger partial charge in [0.2, 0.25) is 17.9 Å². The fourth-order valence-electron chi connectivity index (χ4n) is 6.48. The summed E-state index contributed by atoms with van der Waals surface area (Å²) in [5.74, 6) is 1.96. The molecular weight excluding hydrogens is 760 g/mol. The molecule has 0 radical (unpaired) electrons. The topological polar surface area (TPSA) is 156 Å². The van der Waals surface area contributed by atoms with Crippen LogP contribution in [0.25, 0.3) is 0 Å². The van der Waals surface area contributed by atoms with Gasteiger partial charge in [-0.15, -0.1) is 12.4 Å². The summed E-state index contributed by atoms with van der Waals surface area (Å²) in [6.07, 6.45) is 9.25. The van der Waals surface area contributed by atoms with Crippen LogP contribution >= 0.6 is 44.3 Å². The van der Waals surface area contributed by atoms with Gasteiger partial charge in [0.05, 0.1) is 24.5 Å². The first-order valence-electron chi connectivity index (χ1n) is 15.3. The van der Waals surface area contributed by atoms with E-state index in [1.807, 2.05) is 42.6 Å². The molecule has 3 unspecified atom stereocenters. The molecule has 4 N–H and O–H groups in total. The van der Waals surface area contributed by atoms with E-state index in [1.54, 1.807) is 12.5 Å². The van der Waals surface area contributed by atoms with Gasteiger partial charge in [-0.25, -0.2) is 20.4 Å². The molecule has 2 aromatic carbocycles. The van der Waals surface area contributed by atoms with Gasteiger partial charge >= 0.3 is 0 Å². The first-order chi connectivity index (χ1) is 22.2. The van der Waals surface area contributed by atoms with Crippen LogP contribution in [-0.2, 0) is 20.0 Å². The van der Waals surface area contributed by atoms with Gasteiger partial charge in [-0.3, -0.25) is 0 Å². The molecule has 0 bridgehead atoms. The third-order valence-electron chi connectivity index (χ3n) is 8.48. The van der Waals surface area contributed by atoms with E-state index in [0.717, 1.165) is 89.0 Å². The van der Waals surface area contributed by atoms with Crippen LogP contribution in [0.5, 0.6) is 11.5 Å². The second-order valence-electron chi connectivity index (χ2n) is 11.9. The summed E-state index contributed by atoms with van der Waals surface area (Å²) in [4.78, 5) is 14.8. The number of nitriles is 1. The number of rotatable bonds is 0. The molecular formula is C32H41Br2ClN6O6. The van der Waals surface area contributed by atoms with Crippen LogP contribution in [0.15, 0.2) is 55.3 Å². The van der Waals surface area contributed by atoms with Crippen molar-refractivity contribution in [1.29, 1.82) is 5.26 Å². The van der Waals surface area contributed by atoms with E-state index < -0.39 is 11.3 Å². The largest absolute Gasteiger partial charge is 0.484 e. The van der Waals surface area contributed by atoms with Crippen LogP contribution in [0, 0.1) is 11.5 Å². The smallest absolute Gasteiger partial charge is 0.222 e. The maximum Gasteiger partial charge on any atom is 0.222 e. The molecule has 12 nitrogen and oxygen atoms in total. The van der Waals surface area contributed by atoms with Crippen molar-refractivity contribution in [2.75, 3.05) is 40.5 Å². The van der Waals surface area contributed by atoms with Gasteiger partial charge in [0.1, 0.15) is 22.7 Å². The third-order valence-corrected chi connectivity index (χ3v) is 9.47. The zero-order chi connectivity index (χ0) is 32.8. The molecule has 3 atom stereocenters. The van der Waals surface area contributed by atoms with E-state index in [-0.39, 0.29) is 18.0 Å². The lowest BCUT2D eigenvalue weighted by atomic mass is 9.82. The van der Waals surface area contributed by atoms with Gasteiger partial charge in [0, 0.05) is 54.7 Å². The number of benzene rings is 2. The minimum atomic E-state index is -0.843. The normalized spacial score (nSPS) is 28.4. The number of hydroxylamine groups is 3. The number of hydrogen-bond donors (Lipinski definition) is 3. The number of nitrogens with two attached hydrogens (primary N) is 1. The second-order valence-corrected chi connectivity index (χ2v) is 13.8. The fourth-order valence-corrected chi connectivity index (χ4v) is 7.20. The van der Waals surface area contributed by atoms with Crippen molar-refractivity contribution < 1.29 is 29.0 Å². The maximum absolute atomic E-state index is 8.93. The Morgan fingerprint density at radius 3 is 2.21 bits per heavy atom.